The van der Waals surface area contributed by atoms with Crippen LogP contribution in [0.25, 0.3) is 0 Å². The number of nitrogens with zero attached hydrogens (tertiary/aromatic N) is 3. The lowest BCUT2D eigenvalue weighted by Crippen LogP contribution is -1.99. The monoisotopic (exact) mass is 280 g/mol. The first-order chi connectivity index (χ1) is 8.99. The van der Waals surface area contributed by atoms with Gasteiger partial charge in [-0.05, 0) is 18.6 Å². The van der Waals surface area contributed by atoms with Crippen molar-refractivity contribution < 1.29 is 9.66 Å². The van der Waals surface area contributed by atoms with E-state index in [1.807, 2.05) is 0 Å². The Morgan fingerprint density at radius 3 is 2.84 bits per heavy atom. The quantitative estimate of drug-likeness (QED) is 0.526. The van der Waals surface area contributed by atoms with Crippen LogP contribution in [-0.2, 0) is 0 Å². The van der Waals surface area contributed by atoms with Crippen molar-refractivity contribution >= 4 is 23.0 Å². The highest BCUT2D eigenvalue weighted by Crippen LogP contribution is 2.32. The molecule has 7 nitrogen and oxygen atoms in total. The molecule has 0 radical (unpaired) electrons. The van der Waals surface area contributed by atoms with Gasteiger partial charge in [0.2, 0.25) is 5.88 Å². The van der Waals surface area contributed by atoms with Gasteiger partial charge in [0.25, 0.3) is 5.69 Å². The molecular weight excluding hydrogens is 272 g/mol. The third-order valence-corrected chi connectivity index (χ3v) is 2.69. The van der Waals surface area contributed by atoms with E-state index in [0.717, 1.165) is 0 Å². The fraction of sp³-hybridized carbons (Fsp3) is 0.0909. The molecular formula is C11H9ClN4O3. The normalized spacial score (nSPS) is 10.2. The van der Waals surface area contributed by atoms with E-state index in [2.05, 4.69) is 9.97 Å². The molecule has 0 amide bonds. The van der Waals surface area contributed by atoms with Crippen LogP contribution < -0.4 is 10.5 Å². The number of hydrogen-bond donors (Lipinski definition) is 1. The first kappa shape index (κ1) is 13.0. The van der Waals surface area contributed by atoms with Crippen LogP contribution in [0.3, 0.4) is 0 Å². The highest BCUT2D eigenvalue weighted by Gasteiger charge is 2.13. The second kappa shape index (κ2) is 5.07. The van der Waals surface area contributed by atoms with E-state index >= 15 is 0 Å². The second-order valence-electron chi connectivity index (χ2n) is 3.69. The molecule has 8 heteroatoms. The zero-order valence-electron chi connectivity index (χ0n) is 9.83. The highest BCUT2D eigenvalue weighted by molar-refractivity contribution is 6.32. The lowest BCUT2D eigenvalue weighted by atomic mass is 10.2. The van der Waals surface area contributed by atoms with Crippen molar-refractivity contribution in [3.8, 4) is 11.6 Å². The molecule has 1 aromatic heterocycles. The Morgan fingerprint density at radius 2 is 2.16 bits per heavy atom. The van der Waals surface area contributed by atoms with Crippen molar-refractivity contribution in [3.05, 3.63) is 45.4 Å². The number of nitro benzene ring substituents is 1. The first-order valence-corrected chi connectivity index (χ1v) is 5.55. The highest BCUT2D eigenvalue weighted by atomic mass is 35.5. The number of aromatic nitrogens is 2. The molecule has 0 aliphatic carbocycles. The van der Waals surface area contributed by atoms with Crippen molar-refractivity contribution in [1.82, 2.24) is 9.97 Å². The Morgan fingerprint density at radius 1 is 1.42 bits per heavy atom. The predicted molar refractivity (Wildman–Crippen MR) is 69.4 cm³/mol. The third kappa shape index (κ3) is 2.71. The number of hydrogen-bond acceptors (Lipinski definition) is 6. The zero-order chi connectivity index (χ0) is 14.0. The maximum atomic E-state index is 10.7. The van der Waals surface area contributed by atoms with Crippen molar-refractivity contribution in [2.24, 2.45) is 0 Å². The molecule has 0 atom stereocenters. The number of ether oxygens (including phenoxy) is 1. The van der Waals surface area contributed by atoms with E-state index in [-0.39, 0.29) is 28.2 Å². The number of nitrogen functional groups attached to an aromatic ring is 1. The Bertz CT molecular complexity index is 648. The minimum Gasteiger partial charge on any atom is -0.436 e. The number of benzene rings is 1. The zero-order valence-corrected chi connectivity index (χ0v) is 10.6. The maximum absolute atomic E-state index is 10.7. The number of rotatable bonds is 3. The molecule has 1 aromatic carbocycles. The van der Waals surface area contributed by atoms with Crippen LogP contribution in [0.4, 0.5) is 11.4 Å². The van der Waals surface area contributed by atoms with E-state index in [1.54, 1.807) is 13.0 Å². The van der Waals surface area contributed by atoms with Gasteiger partial charge in [-0.25, -0.2) is 4.98 Å². The largest absolute Gasteiger partial charge is 0.436 e. The average Bonchev–Trinajstić information content (AvgIpc) is 2.37. The van der Waals surface area contributed by atoms with Gasteiger partial charge >= 0.3 is 0 Å². The summed E-state index contributed by atoms with van der Waals surface area (Å²) in [5.74, 6) is 0.347. The molecule has 0 aliphatic heterocycles. The summed E-state index contributed by atoms with van der Waals surface area (Å²) in [4.78, 5) is 17.7. The summed E-state index contributed by atoms with van der Waals surface area (Å²) < 4.78 is 5.45. The van der Waals surface area contributed by atoms with Crippen molar-refractivity contribution in [2.45, 2.75) is 6.92 Å². The third-order valence-electron chi connectivity index (χ3n) is 2.39. The molecule has 0 bridgehead atoms. The summed E-state index contributed by atoms with van der Waals surface area (Å²) in [5.41, 5.74) is 6.37. The van der Waals surface area contributed by atoms with Crippen molar-refractivity contribution in [2.75, 3.05) is 5.73 Å². The number of non-ortho nitro benzene ring substituents is 1. The van der Waals surface area contributed by atoms with Gasteiger partial charge in [-0.15, -0.1) is 0 Å². The first-order valence-electron chi connectivity index (χ1n) is 5.18. The SMILES string of the molecule is Cc1ccc([N+](=O)[O-])cc1Oc1ncnc(Cl)c1N. The second-order valence-corrected chi connectivity index (χ2v) is 4.05. The molecule has 0 aliphatic rings. The molecule has 0 saturated carbocycles. The smallest absolute Gasteiger partial charge is 0.273 e. The summed E-state index contributed by atoms with van der Waals surface area (Å²) in [6.07, 6.45) is 1.20. The molecule has 0 fully saturated rings. The number of anilines is 1. The maximum Gasteiger partial charge on any atom is 0.273 e. The van der Waals surface area contributed by atoms with Gasteiger partial charge in [0, 0.05) is 6.07 Å². The number of nitrogens with two attached hydrogens (primary N) is 1. The summed E-state index contributed by atoms with van der Waals surface area (Å²) in [6.45, 7) is 1.75. The van der Waals surface area contributed by atoms with Crippen molar-refractivity contribution in [3.63, 3.8) is 0 Å². The Kier molecular flexibility index (Phi) is 3.48. The summed E-state index contributed by atoms with van der Waals surface area (Å²) >= 11 is 5.74. The Hall–Kier alpha value is -2.41. The molecule has 1 heterocycles. The van der Waals surface area contributed by atoms with E-state index in [4.69, 9.17) is 22.1 Å². The van der Waals surface area contributed by atoms with Crippen molar-refractivity contribution in [1.29, 1.82) is 0 Å². The van der Waals surface area contributed by atoms with E-state index in [9.17, 15) is 10.1 Å². The molecule has 2 rings (SSSR count). The van der Waals surface area contributed by atoms with Crippen LogP contribution in [0, 0.1) is 17.0 Å². The molecule has 2 N–H and O–H groups in total. The van der Waals surface area contributed by atoms with Crippen LogP contribution in [0.1, 0.15) is 5.56 Å². The summed E-state index contributed by atoms with van der Waals surface area (Å²) in [5, 5.41) is 10.8. The fourth-order valence-electron chi connectivity index (χ4n) is 1.36. The Balaban J connectivity index is 2.40. The number of aryl methyl sites for hydroxylation is 1. The van der Waals surface area contributed by atoms with Gasteiger partial charge in [0.15, 0.2) is 5.15 Å². The lowest BCUT2D eigenvalue weighted by molar-refractivity contribution is -0.384. The molecule has 19 heavy (non-hydrogen) atoms. The Labute approximate surface area is 113 Å². The minimum atomic E-state index is -0.511. The van der Waals surface area contributed by atoms with Gasteiger partial charge in [-0.3, -0.25) is 10.1 Å². The van der Waals surface area contributed by atoms with Gasteiger partial charge < -0.3 is 10.5 Å². The molecule has 0 unspecified atom stereocenters. The van der Waals surface area contributed by atoms with Crippen LogP contribution >= 0.6 is 11.6 Å². The predicted octanol–water partition coefficient (Wildman–Crippen LogP) is 2.72. The topological polar surface area (TPSA) is 104 Å². The summed E-state index contributed by atoms with van der Waals surface area (Å²) in [7, 11) is 0. The van der Waals surface area contributed by atoms with Crippen LogP contribution in [-0.4, -0.2) is 14.9 Å². The summed E-state index contributed by atoms with van der Waals surface area (Å²) in [6, 6.07) is 4.26. The lowest BCUT2D eigenvalue weighted by Gasteiger charge is -2.09. The molecule has 2 aromatic rings. The average molecular weight is 281 g/mol. The van der Waals surface area contributed by atoms with Crippen LogP contribution in [0.2, 0.25) is 5.15 Å². The van der Waals surface area contributed by atoms with Gasteiger partial charge in [-0.2, -0.15) is 4.98 Å². The molecule has 0 saturated heterocycles. The van der Waals surface area contributed by atoms with E-state index < -0.39 is 4.92 Å². The minimum absolute atomic E-state index is 0.0589. The van der Waals surface area contributed by atoms with E-state index in [1.165, 1.54) is 18.5 Å². The molecule has 98 valence electrons. The van der Waals surface area contributed by atoms with Crippen LogP contribution in [0.15, 0.2) is 24.5 Å². The van der Waals surface area contributed by atoms with Gasteiger partial charge in [0.1, 0.15) is 17.8 Å². The standard InChI is InChI=1S/C11H9ClN4O3/c1-6-2-3-7(16(17)18)4-8(6)19-11-9(13)10(12)14-5-15-11/h2-5H,13H2,1H3. The van der Waals surface area contributed by atoms with Gasteiger partial charge in [0.05, 0.1) is 11.0 Å². The van der Waals surface area contributed by atoms with Crippen LogP contribution in [0.5, 0.6) is 11.6 Å². The fourth-order valence-corrected chi connectivity index (χ4v) is 1.48. The molecule has 0 spiro atoms. The number of halogens is 1. The number of nitro groups is 1. The van der Waals surface area contributed by atoms with E-state index in [0.29, 0.717) is 5.56 Å². The van der Waals surface area contributed by atoms with Gasteiger partial charge in [-0.1, -0.05) is 11.6 Å².